The highest BCUT2D eigenvalue weighted by Crippen LogP contribution is 2.17. The van der Waals surface area contributed by atoms with Crippen molar-refractivity contribution in [3.05, 3.63) is 0 Å². The van der Waals surface area contributed by atoms with Gasteiger partial charge in [0, 0.05) is 0 Å². The molecule has 5 heteroatoms. The van der Waals surface area contributed by atoms with Crippen molar-refractivity contribution in [2.45, 2.75) is 20.0 Å². The maximum absolute atomic E-state index is 11.2. The monoisotopic (exact) mass is 188 g/mol. The first-order valence-electron chi connectivity index (χ1n) is 4.26. The highest BCUT2D eigenvalue weighted by molar-refractivity contribution is 5.81. The summed E-state index contributed by atoms with van der Waals surface area (Å²) in [4.78, 5) is 11.2. The second kappa shape index (κ2) is 4.04. The number of hydrogen-bond donors (Lipinski definition) is 2. The Kier molecular flexibility index (Phi) is 3.24. The van der Waals surface area contributed by atoms with Crippen molar-refractivity contribution in [2.24, 2.45) is 11.3 Å². The molecule has 3 N–H and O–H groups in total. The zero-order chi connectivity index (χ0) is 9.90. The molecule has 0 aromatic carbocycles. The third-order valence-electron chi connectivity index (χ3n) is 2.03. The molecule has 0 spiro atoms. The summed E-state index contributed by atoms with van der Waals surface area (Å²) in [7, 11) is 0. The van der Waals surface area contributed by atoms with Crippen molar-refractivity contribution in [3.63, 3.8) is 0 Å². The third kappa shape index (κ3) is 2.65. The molecule has 1 fully saturated rings. The Hall–Kier alpha value is -0.650. The lowest BCUT2D eigenvalue weighted by Gasteiger charge is -2.30. The van der Waals surface area contributed by atoms with E-state index in [0.29, 0.717) is 19.8 Å². The van der Waals surface area contributed by atoms with Gasteiger partial charge in [-0.2, -0.15) is 0 Å². The maximum Gasteiger partial charge on any atom is 0.241 e. The number of ether oxygens (including phenoxy) is 2. The molecule has 1 aliphatic rings. The van der Waals surface area contributed by atoms with Crippen LogP contribution in [0, 0.1) is 5.41 Å². The second-order valence-electron chi connectivity index (χ2n) is 3.83. The average Bonchev–Trinajstić information content (AvgIpc) is 1.99. The predicted molar refractivity (Wildman–Crippen MR) is 46.7 cm³/mol. The lowest BCUT2D eigenvalue weighted by molar-refractivity contribution is -0.154. The first-order chi connectivity index (χ1) is 6.06. The summed E-state index contributed by atoms with van der Waals surface area (Å²) in [6.45, 7) is 5.19. The normalized spacial score (nSPS) is 18.1. The molecule has 0 unspecified atom stereocenters. The number of carbonyl (C=O) groups is 1. The molecule has 0 aromatic heterocycles. The van der Waals surface area contributed by atoms with Gasteiger partial charge in [-0.3, -0.25) is 10.2 Å². The fourth-order valence-corrected chi connectivity index (χ4v) is 0.897. The standard InChI is InChI=1S/C8H16N2O3/c1-8(2,7(11)10-9)5-13-6-3-12-4-6/h6H,3-5,9H2,1-2H3,(H,10,11). The van der Waals surface area contributed by atoms with E-state index in [4.69, 9.17) is 15.3 Å². The van der Waals surface area contributed by atoms with Gasteiger partial charge in [0.25, 0.3) is 0 Å². The Bertz CT molecular complexity index is 190. The molecule has 0 aromatic rings. The van der Waals surface area contributed by atoms with Crippen LogP contribution in [0.15, 0.2) is 0 Å². The number of amides is 1. The topological polar surface area (TPSA) is 73.6 Å². The first kappa shape index (κ1) is 10.4. The predicted octanol–water partition coefficient (Wildman–Crippen LogP) is -0.582. The van der Waals surface area contributed by atoms with Gasteiger partial charge >= 0.3 is 0 Å². The van der Waals surface area contributed by atoms with Gasteiger partial charge < -0.3 is 9.47 Å². The van der Waals surface area contributed by atoms with Gasteiger partial charge in [0.15, 0.2) is 0 Å². The van der Waals surface area contributed by atoms with Gasteiger partial charge in [-0.05, 0) is 13.8 Å². The Morgan fingerprint density at radius 3 is 2.69 bits per heavy atom. The minimum Gasteiger partial charge on any atom is -0.376 e. The van der Waals surface area contributed by atoms with Gasteiger partial charge in [0.2, 0.25) is 5.91 Å². The largest absolute Gasteiger partial charge is 0.376 e. The molecule has 0 radical (unpaired) electrons. The lowest BCUT2D eigenvalue weighted by Crippen LogP contribution is -2.46. The molecular weight excluding hydrogens is 172 g/mol. The molecule has 0 bridgehead atoms. The van der Waals surface area contributed by atoms with Crippen LogP contribution in [0.3, 0.4) is 0 Å². The van der Waals surface area contributed by atoms with Crippen LogP contribution >= 0.6 is 0 Å². The molecule has 0 aliphatic carbocycles. The Balaban J connectivity index is 2.27. The third-order valence-corrected chi connectivity index (χ3v) is 2.03. The first-order valence-corrected chi connectivity index (χ1v) is 4.26. The van der Waals surface area contributed by atoms with E-state index in [-0.39, 0.29) is 12.0 Å². The number of hydrazine groups is 1. The van der Waals surface area contributed by atoms with E-state index in [1.165, 1.54) is 0 Å². The number of nitrogens with one attached hydrogen (secondary N) is 1. The molecule has 13 heavy (non-hydrogen) atoms. The number of nitrogens with two attached hydrogens (primary N) is 1. The van der Waals surface area contributed by atoms with E-state index < -0.39 is 5.41 Å². The van der Waals surface area contributed by atoms with E-state index in [1.807, 2.05) is 0 Å². The fraction of sp³-hybridized carbons (Fsp3) is 0.875. The van der Waals surface area contributed by atoms with Gasteiger partial charge in [0.05, 0.1) is 25.2 Å². The molecule has 0 atom stereocenters. The van der Waals surface area contributed by atoms with Crippen molar-refractivity contribution >= 4 is 5.91 Å². The number of carbonyl (C=O) groups excluding carboxylic acids is 1. The molecule has 1 rings (SSSR count). The Morgan fingerprint density at radius 1 is 1.69 bits per heavy atom. The maximum atomic E-state index is 11.2. The fourth-order valence-electron chi connectivity index (χ4n) is 0.897. The van der Waals surface area contributed by atoms with Crippen molar-refractivity contribution in [1.82, 2.24) is 5.43 Å². The van der Waals surface area contributed by atoms with Crippen molar-refractivity contribution in [3.8, 4) is 0 Å². The van der Waals surface area contributed by atoms with Crippen molar-refractivity contribution in [1.29, 1.82) is 0 Å². The summed E-state index contributed by atoms with van der Waals surface area (Å²) in [5.74, 6) is 4.82. The second-order valence-corrected chi connectivity index (χ2v) is 3.83. The van der Waals surface area contributed by atoms with Crippen LogP contribution in [-0.4, -0.2) is 31.8 Å². The molecule has 5 nitrogen and oxygen atoms in total. The lowest BCUT2D eigenvalue weighted by atomic mass is 9.94. The summed E-state index contributed by atoms with van der Waals surface area (Å²) < 4.78 is 10.4. The summed E-state index contributed by atoms with van der Waals surface area (Å²) in [5, 5.41) is 0. The van der Waals surface area contributed by atoms with E-state index >= 15 is 0 Å². The van der Waals surface area contributed by atoms with Crippen LogP contribution in [0.4, 0.5) is 0 Å². The number of hydrogen-bond acceptors (Lipinski definition) is 4. The molecule has 1 saturated heterocycles. The van der Waals surface area contributed by atoms with Gasteiger partial charge in [0.1, 0.15) is 6.10 Å². The van der Waals surface area contributed by atoms with Crippen LogP contribution in [-0.2, 0) is 14.3 Å². The van der Waals surface area contributed by atoms with Crippen LogP contribution in [0.25, 0.3) is 0 Å². The summed E-state index contributed by atoms with van der Waals surface area (Å²) in [5.41, 5.74) is 1.54. The van der Waals surface area contributed by atoms with E-state index in [2.05, 4.69) is 5.43 Å². The smallest absolute Gasteiger partial charge is 0.241 e. The highest BCUT2D eigenvalue weighted by atomic mass is 16.6. The molecule has 76 valence electrons. The van der Waals surface area contributed by atoms with Crippen molar-refractivity contribution in [2.75, 3.05) is 19.8 Å². The van der Waals surface area contributed by atoms with Gasteiger partial charge in [-0.25, -0.2) is 5.84 Å². The highest BCUT2D eigenvalue weighted by Gasteiger charge is 2.30. The molecule has 0 saturated carbocycles. The van der Waals surface area contributed by atoms with E-state index in [1.54, 1.807) is 13.8 Å². The van der Waals surface area contributed by atoms with Crippen LogP contribution in [0.1, 0.15) is 13.8 Å². The molecule has 1 heterocycles. The minimum atomic E-state index is -0.579. The van der Waals surface area contributed by atoms with Crippen molar-refractivity contribution < 1.29 is 14.3 Å². The van der Waals surface area contributed by atoms with Crippen LogP contribution in [0.2, 0.25) is 0 Å². The quantitative estimate of drug-likeness (QED) is 0.351. The molecule has 1 aliphatic heterocycles. The molecular formula is C8H16N2O3. The summed E-state index contributed by atoms with van der Waals surface area (Å²) >= 11 is 0. The average molecular weight is 188 g/mol. The zero-order valence-corrected chi connectivity index (χ0v) is 8.00. The Morgan fingerprint density at radius 2 is 2.31 bits per heavy atom. The Labute approximate surface area is 77.5 Å². The van der Waals surface area contributed by atoms with E-state index in [0.717, 1.165) is 0 Å². The van der Waals surface area contributed by atoms with E-state index in [9.17, 15) is 4.79 Å². The number of rotatable bonds is 4. The SMILES string of the molecule is CC(C)(COC1COC1)C(=O)NN. The van der Waals surface area contributed by atoms with Crippen LogP contribution in [0.5, 0.6) is 0 Å². The zero-order valence-electron chi connectivity index (χ0n) is 8.00. The van der Waals surface area contributed by atoms with Gasteiger partial charge in [-0.15, -0.1) is 0 Å². The van der Waals surface area contributed by atoms with Gasteiger partial charge in [-0.1, -0.05) is 0 Å². The minimum absolute atomic E-state index is 0.143. The summed E-state index contributed by atoms with van der Waals surface area (Å²) in [6.07, 6.45) is 0.143. The van der Waals surface area contributed by atoms with Crippen LogP contribution < -0.4 is 11.3 Å². The molecule has 1 amide bonds. The summed E-state index contributed by atoms with van der Waals surface area (Å²) in [6, 6.07) is 0.